The van der Waals surface area contributed by atoms with Gasteiger partial charge in [0.1, 0.15) is 11.9 Å². The Balaban J connectivity index is 1.76. The normalized spacial score (nSPS) is 21.4. The monoisotopic (exact) mass is 265 g/mol. The lowest BCUT2D eigenvalue weighted by molar-refractivity contribution is -0.145. The van der Waals surface area contributed by atoms with Gasteiger partial charge in [0.15, 0.2) is 6.61 Å². The van der Waals surface area contributed by atoms with Gasteiger partial charge in [-0.15, -0.1) is 0 Å². The molecule has 0 radical (unpaired) electrons. The number of rotatable bonds is 6. The van der Waals surface area contributed by atoms with Crippen LogP contribution < -0.4 is 9.47 Å². The molecule has 0 aliphatic heterocycles. The van der Waals surface area contributed by atoms with Crippen molar-refractivity contribution in [2.24, 2.45) is 5.92 Å². The maximum absolute atomic E-state index is 11.1. The number of nitrogens with zero attached hydrogens (tertiary/aromatic N) is 1. The number of aromatic nitrogens is 1. The zero-order valence-corrected chi connectivity index (χ0v) is 11.3. The maximum atomic E-state index is 11.1. The van der Waals surface area contributed by atoms with Crippen LogP contribution in [-0.2, 0) is 9.53 Å². The lowest BCUT2D eigenvalue weighted by Gasteiger charge is -2.32. The topological polar surface area (TPSA) is 57.7 Å². The molecule has 0 aromatic carbocycles. The van der Waals surface area contributed by atoms with Crippen molar-refractivity contribution in [2.75, 3.05) is 13.2 Å². The quantitative estimate of drug-likeness (QED) is 0.738. The molecule has 1 aromatic rings. The minimum Gasteiger partial charge on any atom is -0.480 e. The van der Waals surface area contributed by atoms with Crippen molar-refractivity contribution < 1.29 is 19.0 Å². The van der Waals surface area contributed by atoms with Gasteiger partial charge in [-0.25, -0.2) is 9.78 Å². The van der Waals surface area contributed by atoms with E-state index in [-0.39, 0.29) is 18.7 Å². The molecule has 1 fully saturated rings. The summed E-state index contributed by atoms with van der Waals surface area (Å²) in [5, 5.41) is 0. The highest BCUT2D eigenvalue weighted by Gasteiger charge is 2.27. The molecular weight excluding hydrogens is 246 g/mol. The molecule has 0 saturated heterocycles. The molecular formula is C14H19NO4. The summed E-state index contributed by atoms with van der Waals surface area (Å²) < 4.78 is 15.7. The molecule has 0 spiro atoms. The van der Waals surface area contributed by atoms with Gasteiger partial charge in [0.25, 0.3) is 0 Å². The third-order valence-corrected chi connectivity index (χ3v) is 2.99. The van der Waals surface area contributed by atoms with Gasteiger partial charge in [-0.05, 0) is 31.7 Å². The molecule has 5 nitrogen and oxygen atoms in total. The molecule has 5 heteroatoms. The first kappa shape index (κ1) is 13.6. The van der Waals surface area contributed by atoms with Crippen LogP contribution in [0.3, 0.4) is 0 Å². The third-order valence-electron chi connectivity index (χ3n) is 2.99. The Labute approximate surface area is 112 Å². The lowest BCUT2D eigenvalue weighted by atomic mass is 9.84. The van der Waals surface area contributed by atoms with Crippen LogP contribution in [0.2, 0.25) is 0 Å². The number of pyridine rings is 1. The van der Waals surface area contributed by atoms with Gasteiger partial charge in [-0.1, -0.05) is 6.92 Å². The fourth-order valence-corrected chi connectivity index (χ4v) is 1.96. The van der Waals surface area contributed by atoms with E-state index in [1.54, 1.807) is 25.3 Å². The van der Waals surface area contributed by atoms with Crippen LogP contribution in [0.25, 0.3) is 0 Å². The van der Waals surface area contributed by atoms with Crippen molar-refractivity contribution in [1.82, 2.24) is 4.98 Å². The Morgan fingerprint density at radius 1 is 1.42 bits per heavy atom. The van der Waals surface area contributed by atoms with E-state index in [0.717, 1.165) is 18.8 Å². The molecule has 0 unspecified atom stereocenters. The van der Waals surface area contributed by atoms with E-state index in [1.165, 1.54) is 0 Å². The van der Waals surface area contributed by atoms with Crippen molar-refractivity contribution in [3.8, 4) is 11.6 Å². The van der Waals surface area contributed by atoms with Crippen molar-refractivity contribution in [2.45, 2.75) is 32.8 Å². The molecule has 1 heterocycles. The summed E-state index contributed by atoms with van der Waals surface area (Å²) in [7, 11) is 0. The molecule has 0 amide bonds. The van der Waals surface area contributed by atoms with Crippen LogP contribution in [0, 0.1) is 5.92 Å². The predicted molar refractivity (Wildman–Crippen MR) is 69.2 cm³/mol. The van der Waals surface area contributed by atoms with Crippen molar-refractivity contribution in [3.05, 3.63) is 18.3 Å². The van der Waals surface area contributed by atoms with Crippen LogP contribution in [0.15, 0.2) is 18.3 Å². The average molecular weight is 265 g/mol. The van der Waals surface area contributed by atoms with Crippen molar-refractivity contribution in [3.63, 3.8) is 0 Å². The number of carbonyl (C=O) groups excluding carboxylic acids is 1. The summed E-state index contributed by atoms with van der Waals surface area (Å²) in [6.07, 6.45) is 4.01. The fourth-order valence-electron chi connectivity index (χ4n) is 1.96. The van der Waals surface area contributed by atoms with Gasteiger partial charge >= 0.3 is 5.97 Å². The second kappa shape index (κ2) is 6.41. The van der Waals surface area contributed by atoms with Gasteiger partial charge < -0.3 is 14.2 Å². The Kier molecular flexibility index (Phi) is 4.60. The largest absolute Gasteiger partial charge is 0.480 e. The lowest BCUT2D eigenvalue weighted by Crippen LogP contribution is -2.32. The average Bonchev–Trinajstić information content (AvgIpc) is 2.36. The summed E-state index contributed by atoms with van der Waals surface area (Å²) >= 11 is 0. The zero-order chi connectivity index (χ0) is 13.7. The van der Waals surface area contributed by atoms with Crippen LogP contribution in [0.1, 0.15) is 26.7 Å². The molecule has 1 saturated carbocycles. The first-order chi connectivity index (χ1) is 9.17. The molecule has 0 N–H and O–H groups in total. The maximum Gasteiger partial charge on any atom is 0.344 e. The van der Waals surface area contributed by atoms with E-state index < -0.39 is 0 Å². The van der Waals surface area contributed by atoms with Crippen molar-refractivity contribution >= 4 is 5.97 Å². The number of ether oxygens (including phenoxy) is 3. The molecule has 0 atom stereocenters. The third kappa shape index (κ3) is 4.12. The summed E-state index contributed by atoms with van der Waals surface area (Å²) in [4.78, 5) is 15.3. The minimum absolute atomic E-state index is 0.101. The molecule has 1 aliphatic carbocycles. The van der Waals surface area contributed by atoms with Crippen LogP contribution in [-0.4, -0.2) is 30.3 Å². The Morgan fingerprint density at radius 2 is 2.21 bits per heavy atom. The first-order valence-electron chi connectivity index (χ1n) is 6.58. The number of hydrogen-bond acceptors (Lipinski definition) is 5. The van der Waals surface area contributed by atoms with E-state index in [1.807, 2.05) is 0 Å². The van der Waals surface area contributed by atoms with E-state index in [4.69, 9.17) is 14.2 Å². The first-order valence-corrected chi connectivity index (χ1v) is 6.58. The van der Waals surface area contributed by atoms with Crippen molar-refractivity contribution in [1.29, 1.82) is 0 Å². The van der Waals surface area contributed by atoms with E-state index in [0.29, 0.717) is 18.2 Å². The summed E-state index contributed by atoms with van der Waals surface area (Å²) in [6, 6.07) is 3.49. The number of hydrogen-bond donors (Lipinski definition) is 0. The van der Waals surface area contributed by atoms with Crippen LogP contribution in [0.4, 0.5) is 0 Å². The van der Waals surface area contributed by atoms with Gasteiger partial charge in [0, 0.05) is 6.07 Å². The SMILES string of the molecule is CCOC(=O)COc1ccc(OC2CC(C)C2)nc1. The van der Waals surface area contributed by atoms with Gasteiger partial charge in [-0.3, -0.25) is 0 Å². The van der Waals surface area contributed by atoms with E-state index in [2.05, 4.69) is 11.9 Å². The number of esters is 1. The Morgan fingerprint density at radius 3 is 2.79 bits per heavy atom. The molecule has 19 heavy (non-hydrogen) atoms. The summed E-state index contributed by atoms with van der Waals surface area (Å²) in [5.74, 6) is 1.49. The standard InChI is InChI=1S/C14H19NO4/c1-3-17-14(16)9-18-11-4-5-13(15-8-11)19-12-6-10(2)7-12/h4-5,8,10,12H,3,6-7,9H2,1-2H3. The smallest absolute Gasteiger partial charge is 0.344 e. The highest BCUT2D eigenvalue weighted by Crippen LogP contribution is 2.30. The van der Waals surface area contributed by atoms with E-state index >= 15 is 0 Å². The van der Waals surface area contributed by atoms with Gasteiger partial charge in [0.05, 0.1) is 12.8 Å². The molecule has 1 aliphatic rings. The Hall–Kier alpha value is -1.78. The van der Waals surface area contributed by atoms with Gasteiger partial charge in [0.2, 0.25) is 5.88 Å². The molecule has 2 rings (SSSR count). The van der Waals surface area contributed by atoms with Crippen LogP contribution in [0.5, 0.6) is 11.6 Å². The van der Waals surface area contributed by atoms with Gasteiger partial charge in [-0.2, -0.15) is 0 Å². The zero-order valence-electron chi connectivity index (χ0n) is 11.3. The predicted octanol–water partition coefficient (Wildman–Crippen LogP) is 2.20. The molecule has 1 aromatic heterocycles. The summed E-state index contributed by atoms with van der Waals surface area (Å²) in [5.41, 5.74) is 0. The number of carbonyl (C=O) groups is 1. The molecule has 104 valence electrons. The minimum atomic E-state index is -0.383. The second-order valence-corrected chi connectivity index (χ2v) is 4.74. The molecule has 0 bridgehead atoms. The van der Waals surface area contributed by atoms with E-state index in [9.17, 15) is 4.79 Å². The van der Waals surface area contributed by atoms with Crippen LogP contribution >= 0.6 is 0 Å². The highest BCUT2D eigenvalue weighted by atomic mass is 16.6. The fraction of sp³-hybridized carbons (Fsp3) is 0.571. The Bertz CT molecular complexity index is 412. The second-order valence-electron chi connectivity index (χ2n) is 4.74. The highest BCUT2D eigenvalue weighted by molar-refractivity contribution is 5.71. The summed E-state index contributed by atoms with van der Waals surface area (Å²) in [6.45, 7) is 4.22.